The molecule has 1 saturated carbocycles. The summed E-state index contributed by atoms with van der Waals surface area (Å²) in [6, 6.07) is 0.0960. The van der Waals surface area contributed by atoms with Gasteiger partial charge >= 0.3 is 0 Å². The number of piperidine rings is 1. The minimum absolute atomic E-state index is 0. The van der Waals surface area contributed by atoms with Crippen LogP contribution in [0.25, 0.3) is 0 Å². The van der Waals surface area contributed by atoms with Gasteiger partial charge in [-0.05, 0) is 51.1 Å². The molecule has 0 spiro atoms. The molecule has 24 heavy (non-hydrogen) atoms. The maximum absolute atomic E-state index is 12.6. The number of nitrogens with zero attached hydrogens (tertiary/aromatic N) is 2. The van der Waals surface area contributed by atoms with Crippen LogP contribution in [0.2, 0.25) is 0 Å². The highest BCUT2D eigenvalue weighted by Crippen LogP contribution is 2.24. The van der Waals surface area contributed by atoms with Gasteiger partial charge in [-0.3, -0.25) is 4.79 Å². The highest BCUT2D eigenvalue weighted by atomic mass is 35.5. The van der Waals surface area contributed by atoms with Crippen molar-refractivity contribution in [2.75, 3.05) is 39.3 Å². The lowest BCUT2D eigenvalue weighted by Gasteiger charge is -2.30. The average Bonchev–Trinajstić information content (AvgIpc) is 2.82. The summed E-state index contributed by atoms with van der Waals surface area (Å²) in [6.07, 6.45) is 11.7. The lowest BCUT2D eigenvalue weighted by atomic mass is 9.89. The summed E-state index contributed by atoms with van der Waals surface area (Å²) < 4.78 is 0. The SMILES string of the molecule is Cl.Cl.O=C([C@H]1CCCCN1)N1CCCN(CC2CCCCC2)CC1. The predicted molar refractivity (Wildman–Crippen MR) is 104 cm³/mol. The predicted octanol–water partition coefficient (Wildman–Crippen LogP) is 3.09. The smallest absolute Gasteiger partial charge is 0.239 e. The Labute approximate surface area is 159 Å². The van der Waals surface area contributed by atoms with Crippen molar-refractivity contribution in [3.05, 3.63) is 0 Å². The fraction of sp³-hybridized carbons (Fsp3) is 0.944. The van der Waals surface area contributed by atoms with Gasteiger partial charge in [-0.2, -0.15) is 0 Å². The molecule has 6 heteroatoms. The topological polar surface area (TPSA) is 35.6 Å². The molecule has 1 aliphatic carbocycles. The fourth-order valence-electron chi connectivity index (χ4n) is 4.39. The molecule has 0 aromatic heterocycles. The molecule has 4 nitrogen and oxygen atoms in total. The van der Waals surface area contributed by atoms with Crippen LogP contribution in [0.4, 0.5) is 0 Å². The van der Waals surface area contributed by atoms with E-state index >= 15 is 0 Å². The number of carbonyl (C=O) groups is 1. The largest absolute Gasteiger partial charge is 0.340 e. The van der Waals surface area contributed by atoms with Gasteiger partial charge in [-0.1, -0.05) is 25.7 Å². The van der Waals surface area contributed by atoms with Gasteiger partial charge in [0.2, 0.25) is 5.91 Å². The van der Waals surface area contributed by atoms with Crippen LogP contribution in [0.1, 0.15) is 57.8 Å². The minimum atomic E-state index is 0. The molecule has 0 unspecified atom stereocenters. The fourth-order valence-corrected chi connectivity index (χ4v) is 4.39. The molecule has 0 bridgehead atoms. The van der Waals surface area contributed by atoms with Crippen molar-refractivity contribution in [2.24, 2.45) is 5.92 Å². The number of hydrogen-bond donors (Lipinski definition) is 1. The van der Waals surface area contributed by atoms with Crippen LogP contribution in [0.3, 0.4) is 0 Å². The molecule has 0 aromatic carbocycles. The zero-order valence-electron chi connectivity index (χ0n) is 14.9. The molecule has 1 N–H and O–H groups in total. The number of amides is 1. The van der Waals surface area contributed by atoms with E-state index in [1.54, 1.807) is 0 Å². The maximum Gasteiger partial charge on any atom is 0.239 e. The molecule has 2 saturated heterocycles. The molecule has 1 atom stereocenters. The number of carbonyl (C=O) groups excluding carboxylic acids is 1. The lowest BCUT2D eigenvalue weighted by molar-refractivity contribution is -0.133. The van der Waals surface area contributed by atoms with Gasteiger partial charge in [0.1, 0.15) is 0 Å². The molecule has 3 fully saturated rings. The molecule has 1 amide bonds. The standard InChI is InChI=1S/C18H33N3O.2ClH/c22-18(17-9-4-5-10-19-17)21-12-6-11-20(13-14-21)15-16-7-2-1-3-8-16;;/h16-17,19H,1-15H2;2*1H/t17-;;/m1../s1. The third-order valence-electron chi connectivity index (χ3n) is 5.75. The normalized spacial score (nSPS) is 26.8. The second-order valence-corrected chi connectivity index (χ2v) is 7.49. The Morgan fingerprint density at radius 2 is 1.58 bits per heavy atom. The van der Waals surface area contributed by atoms with Gasteiger partial charge in [0, 0.05) is 26.2 Å². The molecule has 2 aliphatic heterocycles. The molecular weight excluding hydrogens is 345 g/mol. The molecule has 142 valence electrons. The Morgan fingerprint density at radius 1 is 0.833 bits per heavy atom. The van der Waals surface area contributed by atoms with E-state index in [0.29, 0.717) is 5.91 Å². The van der Waals surface area contributed by atoms with Crippen molar-refractivity contribution in [1.82, 2.24) is 15.1 Å². The van der Waals surface area contributed by atoms with Crippen molar-refractivity contribution in [3.63, 3.8) is 0 Å². The van der Waals surface area contributed by atoms with E-state index in [2.05, 4.69) is 15.1 Å². The van der Waals surface area contributed by atoms with E-state index in [9.17, 15) is 4.79 Å². The zero-order valence-corrected chi connectivity index (χ0v) is 16.5. The molecule has 3 rings (SSSR count). The van der Waals surface area contributed by atoms with E-state index in [-0.39, 0.29) is 30.9 Å². The Hall–Kier alpha value is -0.0300. The third kappa shape index (κ3) is 6.36. The van der Waals surface area contributed by atoms with Crippen molar-refractivity contribution in [2.45, 2.75) is 63.8 Å². The van der Waals surface area contributed by atoms with Crippen molar-refractivity contribution < 1.29 is 4.79 Å². The van der Waals surface area contributed by atoms with E-state index in [4.69, 9.17) is 0 Å². The summed E-state index contributed by atoms with van der Waals surface area (Å²) >= 11 is 0. The van der Waals surface area contributed by atoms with Crippen LogP contribution >= 0.6 is 24.8 Å². The molecule has 0 aromatic rings. The van der Waals surface area contributed by atoms with Crippen LogP contribution < -0.4 is 5.32 Å². The summed E-state index contributed by atoms with van der Waals surface area (Å²) in [5, 5.41) is 3.41. The number of halogens is 2. The Bertz CT molecular complexity index is 358. The van der Waals surface area contributed by atoms with E-state index < -0.39 is 0 Å². The number of hydrogen-bond acceptors (Lipinski definition) is 3. The third-order valence-corrected chi connectivity index (χ3v) is 5.75. The number of rotatable bonds is 3. The van der Waals surface area contributed by atoms with Gasteiger partial charge in [0.25, 0.3) is 0 Å². The molecular formula is C18H35Cl2N3O. The maximum atomic E-state index is 12.6. The Morgan fingerprint density at radius 3 is 2.29 bits per heavy atom. The molecule has 3 aliphatic rings. The summed E-state index contributed by atoms with van der Waals surface area (Å²) in [6.45, 7) is 6.43. The monoisotopic (exact) mass is 379 g/mol. The zero-order chi connectivity index (χ0) is 15.2. The first kappa shape index (κ1) is 22.0. The highest BCUT2D eigenvalue weighted by Gasteiger charge is 2.27. The summed E-state index contributed by atoms with van der Waals surface area (Å²) in [7, 11) is 0. The Kier molecular flexibility index (Phi) is 10.6. The lowest BCUT2D eigenvalue weighted by Crippen LogP contribution is -2.49. The summed E-state index contributed by atoms with van der Waals surface area (Å²) in [5.41, 5.74) is 0. The minimum Gasteiger partial charge on any atom is -0.340 e. The molecule has 0 radical (unpaired) electrons. The first-order valence-corrected chi connectivity index (χ1v) is 9.57. The summed E-state index contributed by atoms with van der Waals surface area (Å²) in [5.74, 6) is 1.27. The van der Waals surface area contributed by atoms with Gasteiger partial charge < -0.3 is 15.1 Å². The molecule has 2 heterocycles. The first-order chi connectivity index (χ1) is 10.8. The van der Waals surface area contributed by atoms with Crippen LogP contribution in [-0.2, 0) is 4.79 Å². The Balaban J connectivity index is 0.00000144. The van der Waals surface area contributed by atoms with Gasteiger partial charge in [-0.25, -0.2) is 0 Å². The summed E-state index contributed by atoms with van der Waals surface area (Å²) in [4.78, 5) is 17.4. The highest BCUT2D eigenvalue weighted by molar-refractivity contribution is 5.85. The van der Waals surface area contributed by atoms with Crippen LogP contribution in [0, 0.1) is 5.92 Å². The van der Waals surface area contributed by atoms with E-state index in [1.165, 1.54) is 58.0 Å². The second-order valence-electron chi connectivity index (χ2n) is 7.49. The first-order valence-electron chi connectivity index (χ1n) is 9.57. The quantitative estimate of drug-likeness (QED) is 0.817. The van der Waals surface area contributed by atoms with E-state index in [0.717, 1.165) is 44.9 Å². The van der Waals surface area contributed by atoms with Crippen LogP contribution in [0.15, 0.2) is 0 Å². The van der Waals surface area contributed by atoms with Gasteiger partial charge in [0.05, 0.1) is 6.04 Å². The van der Waals surface area contributed by atoms with Gasteiger partial charge in [-0.15, -0.1) is 24.8 Å². The van der Waals surface area contributed by atoms with Crippen molar-refractivity contribution >= 4 is 30.7 Å². The van der Waals surface area contributed by atoms with Crippen LogP contribution in [-0.4, -0.2) is 61.0 Å². The van der Waals surface area contributed by atoms with E-state index in [1.807, 2.05) is 0 Å². The van der Waals surface area contributed by atoms with Gasteiger partial charge in [0.15, 0.2) is 0 Å². The second kappa shape index (κ2) is 11.6. The van der Waals surface area contributed by atoms with Crippen molar-refractivity contribution in [1.29, 1.82) is 0 Å². The average molecular weight is 380 g/mol. The van der Waals surface area contributed by atoms with Crippen LogP contribution in [0.5, 0.6) is 0 Å². The number of nitrogens with one attached hydrogen (secondary N) is 1. The van der Waals surface area contributed by atoms with Crippen molar-refractivity contribution in [3.8, 4) is 0 Å².